The number of hydrogen-bond acceptors (Lipinski definition) is 7. The number of aliphatic carboxylic acids is 2. The van der Waals surface area contributed by atoms with Crippen molar-refractivity contribution >= 4 is 17.8 Å². The summed E-state index contributed by atoms with van der Waals surface area (Å²) >= 11 is 0. The van der Waals surface area contributed by atoms with E-state index in [0.29, 0.717) is 12.5 Å². The molecule has 4 rings (SSSR count). The zero-order valence-electron chi connectivity index (χ0n) is 18.9. The van der Waals surface area contributed by atoms with E-state index in [-0.39, 0.29) is 11.3 Å². The van der Waals surface area contributed by atoms with Gasteiger partial charge in [-0.2, -0.15) is 0 Å². The number of carboxylic acids is 2. The van der Waals surface area contributed by atoms with Crippen LogP contribution in [0.4, 0.5) is 0 Å². The zero-order valence-corrected chi connectivity index (χ0v) is 18.9. The molecule has 0 saturated carbocycles. The Morgan fingerprint density at radius 2 is 1.50 bits per heavy atom. The van der Waals surface area contributed by atoms with E-state index in [1.165, 1.54) is 32.5 Å². The number of likely N-dealkylation sites (tertiary alicyclic amines) is 2. The van der Waals surface area contributed by atoms with Gasteiger partial charge in [-0.1, -0.05) is 0 Å². The molecule has 0 radical (unpaired) electrons. The molecule has 0 bridgehead atoms. The van der Waals surface area contributed by atoms with Gasteiger partial charge < -0.3 is 29.5 Å². The molecule has 0 aromatic rings. The number of rotatable bonds is 4. The molecule has 0 aromatic heterocycles. The fourth-order valence-electron chi connectivity index (χ4n) is 5.05. The molecule has 2 N–H and O–H groups in total. The van der Waals surface area contributed by atoms with Crippen LogP contribution in [0.2, 0.25) is 0 Å². The quantitative estimate of drug-likeness (QED) is 0.574. The number of ether oxygens (including phenoxy) is 2. The molecule has 10 nitrogen and oxygen atoms in total. The van der Waals surface area contributed by atoms with Crippen LogP contribution in [0, 0.1) is 11.3 Å². The third kappa shape index (κ3) is 7.13. The van der Waals surface area contributed by atoms with Crippen molar-refractivity contribution in [2.75, 3.05) is 78.8 Å². The highest BCUT2D eigenvalue weighted by atomic mass is 16.5. The summed E-state index contributed by atoms with van der Waals surface area (Å²) in [5.41, 5.74) is 0.241. The van der Waals surface area contributed by atoms with E-state index >= 15 is 0 Å². The maximum Gasteiger partial charge on any atom is 0.414 e. The Morgan fingerprint density at radius 1 is 0.844 bits per heavy atom. The first-order valence-corrected chi connectivity index (χ1v) is 11.7. The molecule has 4 fully saturated rings. The summed E-state index contributed by atoms with van der Waals surface area (Å²) in [6, 6.07) is 0. The summed E-state index contributed by atoms with van der Waals surface area (Å²) in [5, 5.41) is 14.8. The minimum Gasteiger partial charge on any atom is -0.473 e. The largest absolute Gasteiger partial charge is 0.473 e. The fraction of sp³-hybridized carbons (Fsp3) is 0.864. The summed E-state index contributed by atoms with van der Waals surface area (Å²) in [5.74, 6) is -3.23. The first-order chi connectivity index (χ1) is 15.4. The van der Waals surface area contributed by atoms with Gasteiger partial charge in [0.1, 0.15) is 0 Å². The predicted octanol–water partition coefficient (Wildman–Crippen LogP) is 0.215. The first-order valence-electron chi connectivity index (χ1n) is 11.7. The Bertz CT molecular complexity index is 627. The van der Waals surface area contributed by atoms with Gasteiger partial charge in [-0.05, 0) is 45.2 Å². The molecule has 1 atom stereocenters. The lowest BCUT2D eigenvalue weighted by Crippen LogP contribution is -2.50. The van der Waals surface area contributed by atoms with Crippen molar-refractivity contribution in [1.82, 2.24) is 14.7 Å². The monoisotopic (exact) mass is 455 g/mol. The van der Waals surface area contributed by atoms with Crippen molar-refractivity contribution in [3.8, 4) is 0 Å². The standard InChI is InChI=1S/C20H35N3O3.C2H2O4/c24-19(18-3-13-25-15-18)23-8-4-20(5-9-23)16-22(12-14-26-17-20)11-10-21-6-1-2-7-21;3-1(4)2(5)6/h18H,1-17H2;(H,3,4)(H,5,6). The molecular formula is C22H37N3O7. The number of carboxylic acid groups (broad SMARTS) is 2. The molecule has 1 amide bonds. The second-order valence-electron chi connectivity index (χ2n) is 9.37. The Morgan fingerprint density at radius 3 is 2.09 bits per heavy atom. The third-order valence-corrected chi connectivity index (χ3v) is 7.05. The summed E-state index contributed by atoms with van der Waals surface area (Å²) in [6.45, 7) is 11.9. The highest BCUT2D eigenvalue weighted by Crippen LogP contribution is 2.35. The van der Waals surface area contributed by atoms with Crippen LogP contribution in [0.1, 0.15) is 32.1 Å². The highest BCUT2D eigenvalue weighted by molar-refractivity contribution is 6.27. The lowest BCUT2D eigenvalue weighted by atomic mass is 9.78. The minimum absolute atomic E-state index is 0.103. The molecule has 4 aliphatic heterocycles. The Labute approximate surface area is 189 Å². The number of hydrogen-bond donors (Lipinski definition) is 2. The molecule has 4 heterocycles. The maximum atomic E-state index is 12.7. The number of carbonyl (C=O) groups excluding carboxylic acids is 1. The Balaban J connectivity index is 0.000000427. The van der Waals surface area contributed by atoms with Crippen molar-refractivity contribution in [2.24, 2.45) is 11.3 Å². The summed E-state index contributed by atoms with van der Waals surface area (Å²) in [6.07, 6.45) is 5.78. The average Bonchev–Trinajstić information content (AvgIpc) is 3.47. The number of carbonyl (C=O) groups is 3. The van der Waals surface area contributed by atoms with Crippen molar-refractivity contribution in [1.29, 1.82) is 0 Å². The van der Waals surface area contributed by atoms with E-state index in [2.05, 4.69) is 14.7 Å². The zero-order chi connectivity index (χ0) is 23.0. The molecule has 182 valence electrons. The maximum absolute atomic E-state index is 12.7. The topological polar surface area (TPSA) is 120 Å². The highest BCUT2D eigenvalue weighted by Gasteiger charge is 2.40. The van der Waals surface area contributed by atoms with Crippen LogP contribution in [-0.2, 0) is 23.9 Å². The van der Waals surface area contributed by atoms with Crippen molar-refractivity contribution < 1.29 is 34.1 Å². The summed E-state index contributed by atoms with van der Waals surface area (Å²) in [7, 11) is 0. The van der Waals surface area contributed by atoms with Crippen LogP contribution in [0.5, 0.6) is 0 Å². The Hall–Kier alpha value is -1.75. The van der Waals surface area contributed by atoms with E-state index in [1.807, 2.05) is 0 Å². The second-order valence-corrected chi connectivity index (χ2v) is 9.37. The lowest BCUT2D eigenvalue weighted by Gasteiger charge is -2.43. The van der Waals surface area contributed by atoms with Crippen LogP contribution in [-0.4, -0.2) is 122 Å². The van der Waals surface area contributed by atoms with E-state index in [1.54, 1.807) is 0 Å². The van der Waals surface area contributed by atoms with Gasteiger partial charge in [-0.3, -0.25) is 9.69 Å². The SMILES string of the molecule is O=C(C1CCOC1)N1CCC2(CC1)COCCN(CCN1CCCC1)C2.O=C(O)C(=O)O. The number of piperidine rings is 1. The predicted molar refractivity (Wildman–Crippen MR) is 115 cm³/mol. The van der Waals surface area contributed by atoms with Crippen LogP contribution in [0.25, 0.3) is 0 Å². The molecule has 0 aliphatic carbocycles. The van der Waals surface area contributed by atoms with Gasteiger partial charge in [0.2, 0.25) is 5.91 Å². The van der Waals surface area contributed by atoms with E-state index in [0.717, 1.165) is 71.8 Å². The van der Waals surface area contributed by atoms with Gasteiger partial charge >= 0.3 is 11.9 Å². The Kier molecular flexibility index (Phi) is 9.27. The summed E-state index contributed by atoms with van der Waals surface area (Å²) < 4.78 is 11.4. The van der Waals surface area contributed by atoms with Gasteiger partial charge in [0.25, 0.3) is 0 Å². The van der Waals surface area contributed by atoms with Gasteiger partial charge in [0, 0.05) is 51.3 Å². The smallest absolute Gasteiger partial charge is 0.414 e. The summed E-state index contributed by atoms with van der Waals surface area (Å²) in [4.78, 5) is 38.2. The van der Waals surface area contributed by atoms with Crippen molar-refractivity contribution in [3.05, 3.63) is 0 Å². The van der Waals surface area contributed by atoms with E-state index in [4.69, 9.17) is 29.3 Å². The second kappa shape index (κ2) is 11.9. The van der Waals surface area contributed by atoms with Crippen molar-refractivity contribution in [2.45, 2.75) is 32.1 Å². The number of nitrogens with zero attached hydrogens (tertiary/aromatic N) is 3. The normalized spacial score (nSPS) is 26.4. The van der Waals surface area contributed by atoms with Gasteiger partial charge in [-0.25, -0.2) is 9.59 Å². The molecule has 10 heteroatoms. The molecule has 4 saturated heterocycles. The number of amides is 1. The first kappa shape index (κ1) is 24.9. The van der Waals surface area contributed by atoms with Gasteiger partial charge in [0.05, 0.1) is 25.7 Å². The lowest BCUT2D eigenvalue weighted by molar-refractivity contribution is -0.159. The molecule has 32 heavy (non-hydrogen) atoms. The van der Waals surface area contributed by atoms with Crippen molar-refractivity contribution in [3.63, 3.8) is 0 Å². The van der Waals surface area contributed by atoms with Gasteiger partial charge in [0.15, 0.2) is 0 Å². The molecule has 1 unspecified atom stereocenters. The van der Waals surface area contributed by atoms with E-state index in [9.17, 15) is 4.79 Å². The minimum atomic E-state index is -1.82. The molecule has 0 aromatic carbocycles. The molecular weight excluding hydrogens is 418 g/mol. The van der Waals surface area contributed by atoms with Crippen LogP contribution < -0.4 is 0 Å². The third-order valence-electron chi connectivity index (χ3n) is 7.05. The van der Waals surface area contributed by atoms with Crippen LogP contribution >= 0.6 is 0 Å². The average molecular weight is 456 g/mol. The van der Waals surface area contributed by atoms with E-state index < -0.39 is 11.9 Å². The molecule has 4 aliphatic rings. The molecule has 1 spiro atoms. The fourth-order valence-corrected chi connectivity index (χ4v) is 5.05. The van der Waals surface area contributed by atoms with Gasteiger partial charge in [-0.15, -0.1) is 0 Å². The van der Waals surface area contributed by atoms with Crippen LogP contribution in [0.3, 0.4) is 0 Å². The van der Waals surface area contributed by atoms with Crippen LogP contribution in [0.15, 0.2) is 0 Å².